The van der Waals surface area contributed by atoms with Crippen molar-refractivity contribution in [3.63, 3.8) is 0 Å². The Balaban J connectivity index is 1.65. The molecule has 0 aromatic heterocycles. The SMILES string of the molecule is CC(C)CC1CC1NC(=O)OCc1ccccc1. The summed E-state index contributed by atoms with van der Waals surface area (Å²) in [5.41, 5.74) is 1.02. The molecule has 1 aliphatic carbocycles. The van der Waals surface area contributed by atoms with Gasteiger partial charge in [0.25, 0.3) is 0 Å². The monoisotopic (exact) mass is 247 g/mol. The molecule has 2 rings (SSSR count). The molecule has 98 valence electrons. The van der Waals surface area contributed by atoms with E-state index in [2.05, 4.69) is 19.2 Å². The average molecular weight is 247 g/mol. The maximum atomic E-state index is 11.6. The number of carbonyl (C=O) groups is 1. The van der Waals surface area contributed by atoms with Gasteiger partial charge < -0.3 is 10.1 Å². The Morgan fingerprint density at radius 3 is 2.78 bits per heavy atom. The fourth-order valence-corrected chi connectivity index (χ4v) is 2.21. The average Bonchev–Trinajstić information content (AvgIpc) is 3.05. The van der Waals surface area contributed by atoms with Crippen LogP contribution >= 0.6 is 0 Å². The van der Waals surface area contributed by atoms with Crippen LogP contribution in [0.15, 0.2) is 30.3 Å². The number of benzene rings is 1. The molecule has 2 unspecified atom stereocenters. The minimum atomic E-state index is -0.296. The van der Waals surface area contributed by atoms with E-state index in [-0.39, 0.29) is 6.09 Å². The second kappa shape index (κ2) is 5.89. The van der Waals surface area contributed by atoms with Crippen molar-refractivity contribution >= 4 is 6.09 Å². The second-order valence-corrected chi connectivity index (χ2v) is 5.44. The molecule has 1 aromatic carbocycles. The normalized spacial score (nSPS) is 21.7. The number of hydrogen-bond acceptors (Lipinski definition) is 2. The molecule has 0 aliphatic heterocycles. The van der Waals surface area contributed by atoms with Crippen LogP contribution in [0.1, 0.15) is 32.3 Å². The van der Waals surface area contributed by atoms with Gasteiger partial charge in [-0.2, -0.15) is 0 Å². The molecule has 1 fully saturated rings. The summed E-state index contributed by atoms with van der Waals surface area (Å²) in [6, 6.07) is 10.1. The molecule has 3 heteroatoms. The topological polar surface area (TPSA) is 38.3 Å². The lowest BCUT2D eigenvalue weighted by Gasteiger charge is -2.07. The number of carbonyl (C=O) groups excluding carboxylic acids is 1. The zero-order valence-corrected chi connectivity index (χ0v) is 11.1. The summed E-state index contributed by atoms with van der Waals surface area (Å²) in [5.74, 6) is 1.34. The minimum Gasteiger partial charge on any atom is -0.445 e. The van der Waals surface area contributed by atoms with E-state index in [1.54, 1.807) is 0 Å². The van der Waals surface area contributed by atoms with E-state index in [0.29, 0.717) is 24.5 Å². The third kappa shape index (κ3) is 4.06. The van der Waals surface area contributed by atoms with Crippen LogP contribution in [0, 0.1) is 11.8 Å². The maximum absolute atomic E-state index is 11.6. The van der Waals surface area contributed by atoms with Crippen LogP contribution in [-0.2, 0) is 11.3 Å². The Kier molecular flexibility index (Phi) is 4.24. The van der Waals surface area contributed by atoms with Gasteiger partial charge in [-0.3, -0.25) is 0 Å². The number of ether oxygens (including phenoxy) is 1. The second-order valence-electron chi connectivity index (χ2n) is 5.44. The molecule has 3 nitrogen and oxygen atoms in total. The highest BCUT2D eigenvalue weighted by atomic mass is 16.5. The molecule has 1 saturated carbocycles. The number of rotatable bonds is 5. The third-order valence-electron chi connectivity index (χ3n) is 3.21. The predicted molar refractivity (Wildman–Crippen MR) is 71.1 cm³/mol. The first-order valence-electron chi connectivity index (χ1n) is 6.62. The van der Waals surface area contributed by atoms with E-state index in [0.717, 1.165) is 12.0 Å². The molecule has 0 heterocycles. The summed E-state index contributed by atoms with van der Waals surface area (Å²) in [5, 5.41) is 2.92. The summed E-state index contributed by atoms with van der Waals surface area (Å²) in [7, 11) is 0. The first kappa shape index (κ1) is 12.9. The summed E-state index contributed by atoms with van der Waals surface area (Å²) in [6.07, 6.45) is 1.98. The van der Waals surface area contributed by atoms with E-state index in [9.17, 15) is 4.79 Å². The van der Waals surface area contributed by atoms with Gasteiger partial charge in [0.05, 0.1) is 0 Å². The van der Waals surface area contributed by atoms with Crippen molar-refractivity contribution in [2.45, 2.75) is 39.3 Å². The zero-order chi connectivity index (χ0) is 13.0. The Bertz CT molecular complexity index is 389. The molecule has 0 spiro atoms. The van der Waals surface area contributed by atoms with Gasteiger partial charge >= 0.3 is 6.09 Å². The van der Waals surface area contributed by atoms with Crippen LogP contribution in [0.2, 0.25) is 0 Å². The molecule has 1 aromatic rings. The van der Waals surface area contributed by atoms with Crippen molar-refractivity contribution in [3.05, 3.63) is 35.9 Å². The summed E-state index contributed by atoms with van der Waals surface area (Å²) in [4.78, 5) is 11.6. The molecular formula is C15H21NO2. The van der Waals surface area contributed by atoms with Crippen LogP contribution in [0.25, 0.3) is 0 Å². The number of nitrogens with one attached hydrogen (secondary N) is 1. The van der Waals surface area contributed by atoms with E-state index in [1.807, 2.05) is 30.3 Å². The molecule has 2 atom stereocenters. The van der Waals surface area contributed by atoms with Gasteiger partial charge in [0.2, 0.25) is 0 Å². The standard InChI is InChI=1S/C15H21NO2/c1-11(2)8-13-9-14(13)16-15(17)18-10-12-6-4-3-5-7-12/h3-7,11,13-14H,8-10H2,1-2H3,(H,16,17). The fourth-order valence-electron chi connectivity index (χ4n) is 2.21. The highest BCUT2D eigenvalue weighted by Gasteiger charge is 2.38. The lowest BCUT2D eigenvalue weighted by atomic mass is 10.1. The lowest BCUT2D eigenvalue weighted by Crippen LogP contribution is -2.27. The maximum Gasteiger partial charge on any atom is 0.407 e. The Morgan fingerprint density at radius 2 is 2.11 bits per heavy atom. The van der Waals surface area contributed by atoms with Gasteiger partial charge in [0.1, 0.15) is 6.61 Å². The number of hydrogen-bond donors (Lipinski definition) is 1. The van der Waals surface area contributed by atoms with Gasteiger partial charge in [-0.05, 0) is 30.2 Å². The molecule has 1 amide bonds. The van der Waals surface area contributed by atoms with Crippen LogP contribution in [0.5, 0.6) is 0 Å². The first-order valence-corrected chi connectivity index (χ1v) is 6.62. The van der Waals surface area contributed by atoms with Crippen LogP contribution < -0.4 is 5.32 Å². The first-order chi connectivity index (χ1) is 8.65. The van der Waals surface area contributed by atoms with Gasteiger partial charge in [0, 0.05) is 6.04 Å². The fraction of sp³-hybridized carbons (Fsp3) is 0.533. The molecule has 0 bridgehead atoms. The van der Waals surface area contributed by atoms with Crippen molar-refractivity contribution in [3.8, 4) is 0 Å². The molecule has 0 saturated heterocycles. The van der Waals surface area contributed by atoms with E-state index in [1.165, 1.54) is 6.42 Å². The smallest absolute Gasteiger partial charge is 0.407 e. The number of alkyl carbamates (subject to hydrolysis) is 1. The minimum absolute atomic E-state index is 0.296. The highest BCUT2D eigenvalue weighted by molar-refractivity contribution is 5.68. The predicted octanol–water partition coefficient (Wildman–Crippen LogP) is 3.35. The summed E-state index contributed by atoms with van der Waals surface area (Å²) in [6.45, 7) is 4.76. The molecular weight excluding hydrogens is 226 g/mol. The summed E-state index contributed by atoms with van der Waals surface area (Å²) >= 11 is 0. The quantitative estimate of drug-likeness (QED) is 0.866. The molecule has 1 aliphatic rings. The van der Waals surface area contributed by atoms with Crippen LogP contribution in [0.3, 0.4) is 0 Å². The van der Waals surface area contributed by atoms with Gasteiger partial charge in [-0.15, -0.1) is 0 Å². The molecule has 1 N–H and O–H groups in total. The van der Waals surface area contributed by atoms with E-state index < -0.39 is 0 Å². The van der Waals surface area contributed by atoms with Crippen molar-refractivity contribution in [2.75, 3.05) is 0 Å². The Hall–Kier alpha value is -1.51. The van der Waals surface area contributed by atoms with Gasteiger partial charge in [-0.25, -0.2) is 4.79 Å². The Morgan fingerprint density at radius 1 is 1.39 bits per heavy atom. The van der Waals surface area contributed by atoms with E-state index in [4.69, 9.17) is 4.74 Å². The van der Waals surface area contributed by atoms with Crippen molar-refractivity contribution in [2.24, 2.45) is 11.8 Å². The van der Waals surface area contributed by atoms with Gasteiger partial charge in [0.15, 0.2) is 0 Å². The van der Waals surface area contributed by atoms with Gasteiger partial charge in [-0.1, -0.05) is 44.2 Å². The van der Waals surface area contributed by atoms with Crippen LogP contribution in [0.4, 0.5) is 4.79 Å². The Labute approximate surface area is 109 Å². The molecule has 18 heavy (non-hydrogen) atoms. The lowest BCUT2D eigenvalue weighted by molar-refractivity contribution is 0.138. The summed E-state index contributed by atoms with van der Waals surface area (Å²) < 4.78 is 5.18. The molecule has 0 radical (unpaired) electrons. The zero-order valence-electron chi connectivity index (χ0n) is 11.1. The van der Waals surface area contributed by atoms with Crippen molar-refractivity contribution in [1.29, 1.82) is 0 Å². The van der Waals surface area contributed by atoms with Crippen LogP contribution in [-0.4, -0.2) is 12.1 Å². The van der Waals surface area contributed by atoms with Crippen molar-refractivity contribution in [1.82, 2.24) is 5.32 Å². The van der Waals surface area contributed by atoms with Crippen molar-refractivity contribution < 1.29 is 9.53 Å². The van der Waals surface area contributed by atoms with E-state index >= 15 is 0 Å². The largest absolute Gasteiger partial charge is 0.445 e. The number of amides is 1. The third-order valence-corrected chi connectivity index (χ3v) is 3.21. The highest BCUT2D eigenvalue weighted by Crippen LogP contribution is 2.36.